The van der Waals surface area contributed by atoms with E-state index in [0.29, 0.717) is 6.61 Å². The maximum absolute atomic E-state index is 11.4. The first kappa shape index (κ1) is 10.6. The average Bonchev–Trinajstić information content (AvgIpc) is 2.69. The van der Waals surface area contributed by atoms with Gasteiger partial charge in [0, 0.05) is 7.11 Å². The van der Waals surface area contributed by atoms with Crippen LogP contribution in [-0.4, -0.2) is 40.8 Å². The monoisotopic (exact) mass is 198 g/mol. The Morgan fingerprint density at radius 2 is 2.57 bits per heavy atom. The maximum atomic E-state index is 11.4. The van der Waals surface area contributed by atoms with Crippen LogP contribution in [0.15, 0.2) is 6.33 Å². The fourth-order valence-electron chi connectivity index (χ4n) is 1.03. The lowest BCUT2D eigenvalue weighted by Crippen LogP contribution is -2.38. The van der Waals surface area contributed by atoms with Crippen molar-refractivity contribution in [1.29, 1.82) is 0 Å². The molecule has 1 amide bonds. The Labute approximate surface area is 82.1 Å². The van der Waals surface area contributed by atoms with E-state index < -0.39 is 0 Å². The predicted molar refractivity (Wildman–Crippen MR) is 49.8 cm³/mol. The van der Waals surface area contributed by atoms with Crippen LogP contribution < -0.4 is 5.32 Å². The summed E-state index contributed by atoms with van der Waals surface area (Å²) in [5, 5.41) is 8.86. The van der Waals surface area contributed by atoms with Crippen LogP contribution in [0.3, 0.4) is 0 Å². The summed E-state index contributed by atoms with van der Waals surface area (Å²) in [6.45, 7) is 2.47. The molecule has 0 saturated carbocycles. The highest BCUT2D eigenvalue weighted by atomic mass is 16.5. The van der Waals surface area contributed by atoms with E-state index in [1.807, 2.05) is 6.92 Å². The van der Waals surface area contributed by atoms with Crippen molar-refractivity contribution in [3.63, 3.8) is 0 Å². The number of nitrogens with one attached hydrogen (secondary N) is 2. The van der Waals surface area contributed by atoms with Gasteiger partial charge in [0.1, 0.15) is 6.33 Å². The molecular formula is C8H14N4O2. The lowest BCUT2D eigenvalue weighted by molar-refractivity contribution is 0.0884. The number of H-pyrrole nitrogens is 1. The van der Waals surface area contributed by atoms with Gasteiger partial charge in [-0.2, -0.15) is 5.10 Å². The van der Waals surface area contributed by atoms with Crippen LogP contribution in [0.2, 0.25) is 0 Å². The molecule has 0 aliphatic carbocycles. The van der Waals surface area contributed by atoms with Crippen LogP contribution in [0.5, 0.6) is 0 Å². The Balaban J connectivity index is 2.47. The van der Waals surface area contributed by atoms with E-state index in [1.165, 1.54) is 6.33 Å². The fraction of sp³-hybridized carbons (Fsp3) is 0.625. The molecule has 0 aliphatic rings. The molecule has 0 bridgehead atoms. The third kappa shape index (κ3) is 2.81. The Morgan fingerprint density at radius 1 is 1.79 bits per heavy atom. The van der Waals surface area contributed by atoms with E-state index in [2.05, 4.69) is 20.5 Å². The van der Waals surface area contributed by atoms with E-state index in [1.54, 1.807) is 7.11 Å². The molecular weight excluding hydrogens is 184 g/mol. The van der Waals surface area contributed by atoms with Crippen molar-refractivity contribution in [3.05, 3.63) is 12.2 Å². The molecule has 1 rings (SSSR count). The van der Waals surface area contributed by atoms with Gasteiger partial charge in [-0.3, -0.25) is 9.89 Å². The van der Waals surface area contributed by atoms with Gasteiger partial charge in [0.05, 0.1) is 12.6 Å². The van der Waals surface area contributed by atoms with Gasteiger partial charge in [-0.15, -0.1) is 0 Å². The van der Waals surface area contributed by atoms with Crippen molar-refractivity contribution in [2.45, 2.75) is 19.4 Å². The summed E-state index contributed by atoms with van der Waals surface area (Å²) < 4.78 is 4.95. The zero-order valence-electron chi connectivity index (χ0n) is 8.28. The van der Waals surface area contributed by atoms with Gasteiger partial charge >= 0.3 is 0 Å². The second-order valence-corrected chi connectivity index (χ2v) is 2.87. The number of carbonyl (C=O) groups is 1. The largest absolute Gasteiger partial charge is 0.383 e. The van der Waals surface area contributed by atoms with Crippen LogP contribution in [0.1, 0.15) is 24.0 Å². The molecule has 0 aromatic carbocycles. The molecule has 0 saturated heterocycles. The number of methoxy groups -OCH3 is 1. The number of nitrogens with zero attached hydrogens (tertiary/aromatic N) is 2. The van der Waals surface area contributed by atoms with E-state index in [0.717, 1.165) is 6.42 Å². The Hall–Kier alpha value is -1.43. The Kier molecular flexibility index (Phi) is 4.06. The lowest BCUT2D eigenvalue weighted by atomic mass is 10.2. The van der Waals surface area contributed by atoms with E-state index in [4.69, 9.17) is 4.74 Å². The third-order valence-electron chi connectivity index (χ3n) is 1.83. The van der Waals surface area contributed by atoms with Gasteiger partial charge in [-0.25, -0.2) is 4.98 Å². The van der Waals surface area contributed by atoms with Gasteiger partial charge in [0.25, 0.3) is 5.91 Å². The molecule has 0 fully saturated rings. The summed E-state index contributed by atoms with van der Waals surface area (Å²) in [4.78, 5) is 15.2. The zero-order valence-corrected chi connectivity index (χ0v) is 8.28. The van der Waals surface area contributed by atoms with Crippen molar-refractivity contribution in [2.24, 2.45) is 0 Å². The van der Waals surface area contributed by atoms with Gasteiger partial charge in [-0.1, -0.05) is 6.92 Å². The Morgan fingerprint density at radius 3 is 3.07 bits per heavy atom. The first-order valence-electron chi connectivity index (χ1n) is 4.43. The lowest BCUT2D eigenvalue weighted by Gasteiger charge is -2.14. The quantitative estimate of drug-likeness (QED) is 0.695. The molecule has 14 heavy (non-hydrogen) atoms. The van der Waals surface area contributed by atoms with Crippen molar-refractivity contribution < 1.29 is 9.53 Å². The minimum atomic E-state index is -0.258. The number of rotatable bonds is 5. The van der Waals surface area contributed by atoms with Crippen LogP contribution in [0.25, 0.3) is 0 Å². The summed E-state index contributed by atoms with van der Waals surface area (Å²) in [6.07, 6.45) is 2.11. The Bertz CT molecular complexity index is 273. The van der Waals surface area contributed by atoms with Crippen LogP contribution in [-0.2, 0) is 4.74 Å². The number of carbonyl (C=O) groups excluding carboxylic acids is 1. The van der Waals surface area contributed by atoms with Crippen LogP contribution in [0, 0.1) is 0 Å². The molecule has 2 N–H and O–H groups in total. The molecule has 1 unspecified atom stereocenters. The van der Waals surface area contributed by atoms with Gasteiger partial charge < -0.3 is 10.1 Å². The molecule has 1 atom stereocenters. The average molecular weight is 198 g/mol. The third-order valence-corrected chi connectivity index (χ3v) is 1.83. The minimum absolute atomic E-state index is 0.0117. The number of aromatic amines is 1. The van der Waals surface area contributed by atoms with Crippen molar-refractivity contribution >= 4 is 5.91 Å². The number of ether oxygens (including phenoxy) is 1. The molecule has 1 aromatic heterocycles. The number of amides is 1. The maximum Gasteiger partial charge on any atom is 0.288 e. The van der Waals surface area contributed by atoms with Crippen LogP contribution >= 0.6 is 0 Å². The summed E-state index contributed by atoms with van der Waals surface area (Å²) in [5.41, 5.74) is 0. The second kappa shape index (κ2) is 5.33. The normalized spacial score (nSPS) is 12.4. The molecule has 0 radical (unpaired) electrons. The van der Waals surface area contributed by atoms with Crippen molar-refractivity contribution in [2.75, 3.05) is 13.7 Å². The van der Waals surface area contributed by atoms with E-state index in [9.17, 15) is 4.79 Å². The highest BCUT2D eigenvalue weighted by molar-refractivity contribution is 5.90. The van der Waals surface area contributed by atoms with Crippen molar-refractivity contribution in [3.8, 4) is 0 Å². The van der Waals surface area contributed by atoms with E-state index >= 15 is 0 Å². The molecule has 78 valence electrons. The first-order chi connectivity index (χ1) is 6.77. The summed E-state index contributed by atoms with van der Waals surface area (Å²) in [6, 6.07) is 0.0117. The van der Waals surface area contributed by atoms with Gasteiger partial charge in [0.15, 0.2) is 0 Å². The highest BCUT2D eigenvalue weighted by Crippen LogP contribution is 1.94. The summed E-state index contributed by atoms with van der Waals surface area (Å²) in [5.74, 6) is -0.0362. The van der Waals surface area contributed by atoms with E-state index in [-0.39, 0.29) is 17.8 Å². The fourth-order valence-corrected chi connectivity index (χ4v) is 1.03. The predicted octanol–water partition coefficient (Wildman–Crippen LogP) is -0.0405. The first-order valence-corrected chi connectivity index (χ1v) is 4.43. The SMILES string of the molecule is CCC(COC)NC(=O)c1ncn[nH]1. The summed E-state index contributed by atoms with van der Waals surface area (Å²) in [7, 11) is 1.60. The topological polar surface area (TPSA) is 79.9 Å². The minimum Gasteiger partial charge on any atom is -0.383 e. The number of hydrogen-bond acceptors (Lipinski definition) is 4. The standard InChI is InChI=1S/C8H14N4O2/c1-3-6(4-14-2)11-8(13)7-9-5-10-12-7/h5-6H,3-4H2,1-2H3,(H,11,13)(H,9,10,12). The van der Waals surface area contributed by atoms with Gasteiger partial charge in [0.2, 0.25) is 5.82 Å². The molecule has 1 aromatic rings. The van der Waals surface area contributed by atoms with Gasteiger partial charge in [-0.05, 0) is 6.42 Å². The molecule has 0 spiro atoms. The number of hydrogen-bond donors (Lipinski definition) is 2. The molecule has 6 nitrogen and oxygen atoms in total. The smallest absolute Gasteiger partial charge is 0.288 e. The summed E-state index contributed by atoms with van der Waals surface area (Å²) >= 11 is 0. The highest BCUT2D eigenvalue weighted by Gasteiger charge is 2.13. The van der Waals surface area contributed by atoms with Crippen molar-refractivity contribution in [1.82, 2.24) is 20.5 Å². The number of aromatic nitrogens is 3. The second-order valence-electron chi connectivity index (χ2n) is 2.87. The molecule has 1 heterocycles. The van der Waals surface area contributed by atoms with Crippen LogP contribution in [0.4, 0.5) is 0 Å². The zero-order chi connectivity index (χ0) is 10.4. The molecule has 6 heteroatoms. The molecule has 0 aliphatic heterocycles.